The van der Waals surface area contributed by atoms with E-state index in [0.29, 0.717) is 11.4 Å². The molecule has 1 aromatic rings. The number of hydrogen-bond acceptors (Lipinski definition) is 3. The summed E-state index contributed by atoms with van der Waals surface area (Å²) in [6.45, 7) is 5.54. The van der Waals surface area contributed by atoms with E-state index in [1.165, 1.54) is 0 Å². The Morgan fingerprint density at radius 2 is 2.35 bits per heavy atom. The molecule has 0 saturated heterocycles. The Bertz CT molecular complexity index is 426. The van der Waals surface area contributed by atoms with E-state index in [1.54, 1.807) is 17.8 Å². The van der Waals surface area contributed by atoms with Crippen LogP contribution in [0.4, 0.5) is 0 Å². The molecule has 2 N–H and O–H groups in total. The van der Waals surface area contributed by atoms with Crippen molar-refractivity contribution in [3.05, 3.63) is 29.1 Å². The first-order valence-corrected chi connectivity index (χ1v) is 5.98. The fourth-order valence-electron chi connectivity index (χ4n) is 1.62. The number of Topliss-reactive ketones (excluding diaryl/α,β-unsaturated/α-hetero) is 1. The maximum absolute atomic E-state index is 11.8. The van der Waals surface area contributed by atoms with E-state index < -0.39 is 6.04 Å². The molecule has 4 nitrogen and oxygen atoms in total. The van der Waals surface area contributed by atoms with Gasteiger partial charge in [0.25, 0.3) is 0 Å². The van der Waals surface area contributed by atoms with Gasteiger partial charge in [0.2, 0.25) is 0 Å². The molecule has 17 heavy (non-hydrogen) atoms. The quantitative estimate of drug-likeness (QED) is 0.787. The molecule has 0 fully saturated rings. The molecule has 0 aromatic carbocycles. The molecule has 1 unspecified atom stereocenters. The molecule has 1 aromatic heterocycles. The normalized spacial score (nSPS) is 12.5. The zero-order valence-corrected chi connectivity index (χ0v) is 11.0. The summed E-state index contributed by atoms with van der Waals surface area (Å²) in [7, 11) is 1.78. The van der Waals surface area contributed by atoms with Gasteiger partial charge in [0, 0.05) is 7.05 Å². The highest BCUT2D eigenvalue weighted by Gasteiger charge is 2.19. The van der Waals surface area contributed by atoms with Gasteiger partial charge in [0.1, 0.15) is 0 Å². The zero-order valence-electron chi connectivity index (χ0n) is 10.2. The van der Waals surface area contributed by atoms with Crippen LogP contribution in [0.5, 0.6) is 0 Å². The first-order chi connectivity index (χ1) is 8.01. The maximum atomic E-state index is 11.8. The molecule has 0 amide bonds. The average Bonchev–Trinajstić information content (AvgIpc) is 2.56. The van der Waals surface area contributed by atoms with Gasteiger partial charge in [0.15, 0.2) is 5.78 Å². The summed E-state index contributed by atoms with van der Waals surface area (Å²) in [6.07, 6.45) is 3.09. The molecule has 0 radical (unpaired) electrons. The van der Waals surface area contributed by atoms with Gasteiger partial charge in [-0.1, -0.05) is 24.6 Å². The summed E-state index contributed by atoms with van der Waals surface area (Å²) < 4.78 is 1.65. The van der Waals surface area contributed by atoms with Crippen molar-refractivity contribution in [3.8, 4) is 0 Å². The summed E-state index contributed by atoms with van der Waals surface area (Å²) in [6, 6.07) is -0.511. The molecule has 0 bridgehead atoms. The van der Waals surface area contributed by atoms with Crippen LogP contribution in [0.25, 0.3) is 0 Å². The lowest BCUT2D eigenvalue weighted by molar-refractivity contribution is -0.119. The van der Waals surface area contributed by atoms with Gasteiger partial charge in [-0.3, -0.25) is 9.48 Å². The Labute approximate surface area is 106 Å². The Morgan fingerprint density at radius 3 is 2.82 bits per heavy atom. The van der Waals surface area contributed by atoms with Crippen molar-refractivity contribution in [3.63, 3.8) is 0 Å². The van der Waals surface area contributed by atoms with Gasteiger partial charge in [-0.2, -0.15) is 5.10 Å². The number of nitrogens with two attached hydrogens (primary N) is 1. The first kappa shape index (κ1) is 13.9. The van der Waals surface area contributed by atoms with Crippen LogP contribution in [0, 0.1) is 0 Å². The van der Waals surface area contributed by atoms with Gasteiger partial charge in [0.05, 0.1) is 28.9 Å². The SMILES string of the molecule is C=CCC(N)C(=O)Cc1c(Cl)c(CC)nn1C. The Balaban J connectivity index is 2.84. The van der Waals surface area contributed by atoms with E-state index in [1.807, 2.05) is 6.92 Å². The highest BCUT2D eigenvalue weighted by Crippen LogP contribution is 2.21. The van der Waals surface area contributed by atoms with Gasteiger partial charge in [-0.25, -0.2) is 0 Å². The second-order valence-electron chi connectivity index (χ2n) is 3.96. The number of ketones is 1. The number of carbonyl (C=O) groups is 1. The molecule has 1 atom stereocenters. The minimum atomic E-state index is -0.511. The molecule has 0 aliphatic carbocycles. The fraction of sp³-hybridized carbons (Fsp3) is 0.500. The maximum Gasteiger partial charge on any atom is 0.155 e. The molecule has 0 saturated carbocycles. The zero-order chi connectivity index (χ0) is 13.0. The van der Waals surface area contributed by atoms with E-state index in [-0.39, 0.29) is 12.2 Å². The minimum absolute atomic E-state index is 0.0440. The lowest BCUT2D eigenvalue weighted by Crippen LogP contribution is -2.31. The molecular formula is C12H18ClN3O. The number of aromatic nitrogens is 2. The average molecular weight is 256 g/mol. The van der Waals surface area contributed by atoms with Gasteiger partial charge >= 0.3 is 0 Å². The van der Waals surface area contributed by atoms with Gasteiger partial charge < -0.3 is 5.73 Å². The molecular weight excluding hydrogens is 238 g/mol. The number of hydrogen-bond donors (Lipinski definition) is 1. The monoisotopic (exact) mass is 255 g/mol. The van der Waals surface area contributed by atoms with Crippen molar-refractivity contribution < 1.29 is 4.79 Å². The van der Waals surface area contributed by atoms with E-state index in [2.05, 4.69) is 11.7 Å². The lowest BCUT2D eigenvalue weighted by Gasteiger charge is -2.08. The van der Waals surface area contributed by atoms with Crippen LogP contribution in [-0.4, -0.2) is 21.6 Å². The summed E-state index contributed by atoms with van der Waals surface area (Å²) >= 11 is 6.16. The molecule has 0 spiro atoms. The van der Waals surface area contributed by atoms with Crippen LogP contribution in [0.15, 0.2) is 12.7 Å². The predicted octanol–water partition coefficient (Wildman–Crippen LogP) is 1.65. The van der Waals surface area contributed by atoms with Crippen LogP contribution >= 0.6 is 11.6 Å². The van der Waals surface area contributed by atoms with Gasteiger partial charge in [-0.15, -0.1) is 6.58 Å². The third-order valence-electron chi connectivity index (χ3n) is 2.68. The summed E-state index contributed by atoms with van der Waals surface area (Å²) in [5.41, 5.74) is 7.27. The van der Waals surface area contributed by atoms with Crippen molar-refractivity contribution in [2.75, 3.05) is 0 Å². The molecule has 0 aliphatic rings. The Kier molecular flexibility index (Phi) is 4.90. The van der Waals surface area contributed by atoms with Gasteiger partial charge in [-0.05, 0) is 12.8 Å². The molecule has 94 valence electrons. The summed E-state index contributed by atoms with van der Waals surface area (Å²) in [5, 5.41) is 4.84. The highest BCUT2D eigenvalue weighted by molar-refractivity contribution is 6.32. The number of rotatable bonds is 6. The van der Waals surface area contributed by atoms with Crippen molar-refractivity contribution in [1.29, 1.82) is 0 Å². The van der Waals surface area contributed by atoms with Crippen molar-refractivity contribution in [1.82, 2.24) is 9.78 Å². The van der Waals surface area contributed by atoms with Crippen LogP contribution in [0.1, 0.15) is 24.7 Å². The van der Waals surface area contributed by atoms with Crippen LogP contribution in [0.2, 0.25) is 5.02 Å². The third-order valence-corrected chi connectivity index (χ3v) is 3.12. The standard InChI is InChI=1S/C12H18ClN3O/c1-4-6-8(14)11(17)7-10-12(13)9(5-2)15-16(10)3/h4,8H,1,5-7,14H2,2-3H3. The number of halogens is 1. The fourth-order valence-corrected chi connectivity index (χ4v) is 1.98. The van der Waals surface area contributed by atoms with Crippen molar-refractivity contribution >= 4 is 17.4 Å². The Hall–Kier alpha value is -1.13. The molecule has 1 heterocycles. The van der Waals surface area contributed by atoms with E-state index in [9.17, 15) is 4.79 Å². The second-order valence-corrected chi connectivity index (χ2v) is 4.34. The Morgan fingerprint density at radius 1 is 1.71 bits per heavy atom. The highest BCUT2D eigenvalue weighted by atomic mass is 35.5. The molecule has 5 heteroatoms. The van der Waals surface area contributed by atoms with E-state index in [4.69, 9.17) is 17.3 Å². The number of aryl methyl sites for hydroxylation is 2. The molecule has 0 aliphatic heterocycles. The van der Waals surface area contributed by atoms with E-state index in [0.717, 1.165) is 17.8 Å². The molecule has 1 rings (SSSR count). The topological polar surface area (TPSA) is 60.9 Å². The first-order valence-electron chi connectivity index (χ1n) is 5.60. The minimum Gasteiger partial charge on any atom is -0.321 e. The van der Waals surface area contributed by atoms with Crippen LogP contribution in [0.3, 0.4) is 0 Å². The van der Waals surface area contributed by atoms with Crippen molar-refractivity contribution in [2.24, 2.45) is 12.8 Å². The second kappa shape index (κ2) is 5.98. The predicted molar refractivity (Wildman–Crippen MR) is 69.1 cm³/mol. The van der Waals surface area contributed by atoms with Crippen LogP contribution in [-0.2, 0) is 24.7 Å². The smallest absolute Gasteiger partial charge is 0.155 e. The number of carbonyl (C=O) groups excluding carboxylic acids is 1. The van der Waals surface area contributed by atoms with Crippen LogP contribution < -0.4 is 5.73 Å². The van der Waals surface area contributed by atoms with E-state index >= 15 is 0 Å². The largest absolute Gasteiger partial charge is 0.321 e. The van der Waals surface area contributed by atoms with Crippen molar-refractivity contribution in [2.45, 2.75) is 32.2 Å². The summed E-state index contributed by atoms with van der Waals surface area (Å²) in [4.78, 5) is 11.8. The lowest BCUT2D eigenvalue weighted by atomic mass is 10.1. The third kappa shape index (κ3) is 3.17. The number of nitrogens with zero attached hydrogens (tertiary/aromatic N) is 2. The summed E-state index contributed by atoms with van der Waals surface area (Å²) in [5.74, 6) is -0.0440.